The van der Waals surface area contributed by atoms with Gasteiger partial charge in [-0.3, -0.25) is 9.69 Å². The van der Waals surface area contributed by atoms with Crippen LogP contribution in [0.15, 0.2) is 11.1 Å². The Morgan fingerprint density at radius 2 is 2.00 bits per heavy atom. The van der Waals surface area contributed by atoms with Crippen molar-refractivity contribution >= 4 is 29.6 Å². The van der Waals surface area contributed by atoms with Crippen LogP contribution >= 0.6 is 11.8 Å². The van der Waals surface area contributed by atoms with Gasteiger partial charge in [-0.25, -0.2) is 9.59 Å². The first-order valence-electron chi connectivity index (χ1n) is 8.21. The molecule has 2 aliphatic rings. The summed E-state index contributed by atoms with van der Waals surface area (Å²) in [4.78, 5) is 39.5. The van der Waals surface area contributed by atoms with Crippen LogP contribution in [0, 0.1) is 0 Å². The summed E-state index contributed by atoms with van der Waals surface area (Å²) in [6.45, 7) is 5.17. The Hall–Kier alpha value is -1.54. The van der Waals surface area contributed by atoms with Crippen LogP contribution in [0.25, 0.3) is 0 Å². The molecule has 2 fully saturated rings. The maximum atomic E-state index is 12.4. The third kappa shape index (κ3) is 4.51. The van der Waals surface area contributed by atoms with Gasteiger partial charge in [0.2, 0.25) is 0 Å². The molecule has 2 saturated heterocycles. The molecule has 8 heteroatoms. The number of likely N-dealkylation sites (tertiary alicyclic amines) is 1. The molecule has 2 aliphatic heterocycles. The Bertz CT molecular complexity index is 531. The zero-order valence-electron chi connectivity index (χ0n) is 14.3. The third-order valence-electron chi connectivity index (χ3n) is 3.98. The molecule has 2 unspecified atom stereocenters. The monoisotopic (exact) mass is 356 g/mol. The van der Waals surface area contributed by atoms with Crippen molar-refractivity contribution in [3.8, 4) is 0 Å². The largest absolute Gasteiger partial charge is 0.463 e. The number of rotatable bonds is 5. The Kier molecular flexibility index (Phi) is 6.68. The number of piperidine rings is 1. The molecule has 0 aliphatic carbocycles. The molecule has 1 amide bonds. The van der Waals surface area contributed by atoms with E-state index in [0.29, 0.717) is 5.03 Å². The molecule has 0 aromatic carbocycles. The fourth-order valence-electron chi connectivity index (χ4n) is 2.65. The number of hydrogen-bond acceptors (Lipinski definition) is 7. The summed E-state index contributed by atoms with van der Waals surface area (Å²) in [7, 11) is 1.65. The SMILES string of the molecule is CCOC(=O)C(C)OC(=O)/C=C1\SC(N2CCCCC2)C(=O)N1C. The van der Waals surface area contributed by atoms with Gasteiger partial charge in [0.1, 0.15) is 5.37 Å². The molecule has 0 bridgehead atoms. The molecular formula is C16H24N2O5S. The van der Waals surface area contributed by atoms with Crippen LogP contribution in [0.2, 0.25) is 0 Å². The predicted octanol–water partition coefficient (Wildman–Crippen LogP) is 1.34. The lowest BCUT2D eigenvalue weighted by Gasteiger charge is -2.29. The molecule has 24 heavy (non-hydrogen) atoms. The molecule has 0 saturated carbocycles. The number of likely N-dealkylation sites (N-methyl/N-ethyl adjacent to an activating group) is 1. The summed E-state index contributed by atoms with van der Waals surface area (Å²) in [6.07, 6.45) is 3.67. The van der Waals surface area contributed by atoms with Crippen LogP contribution < -0.4 is 0 Å². The van der Waals surface area contributed by atoms with Gasteiger partial charge >= 0.3 is 11.9 Å². The van der Waals surface area contributed by atoms with E-state index in [0.717, 1.165) is 25.9 Å². The van der Waals surface area contributed by atoms with Crippen LogP contribution in [0.5, 0.6) is 0 Å². The number of amides is 1. The molecule has 0 N–H and O–H groups in total. The zero-order chi connectivity index (χ0) is 17.7. The molecule has 0 spiro atoms. The maximum Gasteiger partial charge on any atom is 0.347 e. The number of nitrogens with zero attached hydrogens (tertiary/aromatic N) is 2. The highest BCUT2D eigenvalue weighted by Gasteiger charge is 2.39. The molecule has 7 nitrogen and oxygen atoms in total. The van der Waals surface area contributed by atoms with Crippen molar-refractivity contribution in [1.82, 2.24) is 9.80 Å². The Labute approximate surface area is 146 Å². The first-order chi connectivity index (χ1) is 11.4. The van der Waals surface area contributed by atoms with E-state index in [4.69, 9.17) is 9.47 Å². The van der Waals surface area contributed by atoms with E-state index in [9.17, 15) is 14.4 Å². The average molecular weight is 356 g/mol. The normalized spacial score (nSPS) is 25.0. The van der Waals surface area contributed by atoms with Gasteiger partial charge in [-0.1, -0.05) is 18.2 Å². The lowest BCUT2D eigenvalue weighted by molar-refractivity contribution is -0.163. The molecule has 134 valence electrons. The van der Waals surface area contributed by atoms with Gasteiger partial charge in [-0.15, -0.1) is 0 Å². The van der Waals surface area contributed by atoms with Gasteiger partial charge in [0.15, 0.2) is 6.10 Å². The van der Waals surface area contributed by atoms with Crippen molar-refractivity contribution < 1.29 is 23.9 Å². The molecule has 2 atom stereocenters. The maximum absolute atomic E-state index is 12.4. The Morgan fingerprint density at radius 1 is 1.33 bits per heavy atom. The topological polar surface area (TPSA) is 76.1 Å². The fourth-order valence-corrected chi connectivity index (χ4v) is 3.91. The van der Waals surface area contributed by atoms with Gasteiger partial charge in [-0.05, 0) is 39.8 Å². The standard InChI is InChI=1S/C16H24N2O5S/c1-4-22-16(21)11(2)23-13(19)10-12-17(3)14(20)15(24-12)18-8-6-5-7-9-18/h10-11,15H,4-9H2,1-3H3/b12-10-. The second-order valence-electron chi connectivity index (χ2n) is 5.78. The van der Waals surface area contributed by atoms with E-state index in [1.54, 1.807) is 14.0 Å². The molecule has 0 aromatic rings. The van der Waals surface area contributed by atoms with E-state index >= 15 is 0 Å². The number of ether oxygens (including phenoxy) is 2. The van der Waals surface area contributed by atoms with Gasteiger partial charge in [0, 0.05) is 7.05 Å². The molecule has 0 aromatic heterocycles. The number of carbonyl (C=O) groups is 3. The summed E-state index contributed by atoms with van der Waals surface area (Å²) < 4.78 is 9.83. The van der Waals surface area contributed by atoms with E-state index in [2.05, 4.69) is 4.90 Å². The van der Waals surface area contributed by atoms with Crippen LogP contribution in [-0.2, 0) is 23.9 Å². The number of hydrogen-bond donors (Lipinski definition) is 0. The second-order valence-corrected chi connectivity index (χ2v) is 6.88. The summed E-state index contributed by atoms with van der Waals surface area (Å²) in [5.41, 5.74) is 0. The Morgan fingerprint density at radius 3 is 2.62 bits per heavy atom. The van der Waals surface area contributed by atoms with Crippen molar-refractivity contribution in [2.45, 2.75) is 44.6 Å². The minimum atomic E-state index is -0.973. The van der Waals surface area contributed by atoms with Crippen molar-refractivity contribution in [3.05, 3.63) is 11.1 Å². The van der Waals surface area contributed by atoms with E-state index in [-0.39, 0.29) is 17.9 Å². The molecule has 2 heterocycles. The fraction of sp³-hybridized carbons (Fsp3) is 0.688. The predicted molar refractivity (Wildman–Crippen MR) is 89.8 cm³/mol. The van der Waals surface area contributed by atoms with Crippen molar-refractivity contribution in [3.63, 3.8) is 0 Å². The highest BCUT2D eigenvalue weighted by molar-refractivity contribution is 8.04. The van der Waals surface area contributed by atoms with Gasteiger partial charge < -0.3 is 14.4 Å². The van der Waals surface area contributed by atoms with Gasteiger partial charge in [-0.2, -0.15) is 0 Å². The quantitative estimate of drug-likeness (QED) is 0.543. The van der Waals surface area contributed by atoms with Gasteiger partial charge in [0.05, 0.1) is 17.7 Å². The van der Waals surface area contributed by atoms with Crippen LogP contribution in [0.4, 0.5) is 0 Å². The summed E-state index contributed by atoms with van der Waals surface area (Å²) in [5, 5.41) is 0.258. The summed E-state index contributed by atoms with van der Waals surface area (Å²) >= 11 is 1.35. The van der Waals surface area contributed by atoms with Crippen LogP contribution in [0.3, 0.4) is 0 Å². The van der Waals surface area contributed by atoms with Crippen molar-refractivity contribution in [2.24, 2.45) is 0 Å². The Balaban J connectivity index is 1.97. The number of thioether (sulfide) groups is 1. The second kappa shape index (κ2) is 8.53. The lowest BCUT2D eigenvalue weighted by atomic mass is 10.1. The van der Waals surface area contributed by atoms with Crippen molar-refractivity contribution in [1.29, 1.82) is 0 Å². The van der Waals surface area contributed by atoms with E-state index in [1.165, 1.54) is 36.1 Å². The van der Waals surface area contributed by atoms with Crippen LogP contribution in [-0.4, -0.2) is 65.9 Å². The zero-order valence-corrected chi connectivity index (χ0v) is 15.1. The number of esters is 2. The third-order valence-corrected chi connectivity index (χ3v) is 5.34. The minimum absolute atomic E-state index is 0.0283. The average Bonchev–Trinajstić information content (AvgIpc) is 2.84. The van der Waals surface area contributed by atoms with Crippen molar-refractivity contribution in [2.75, 3.05) is 26.7 Å². The first kappa shape index (κ1) is 18.8. The minimum Gasteiger partial charge on any atom is -0.463 e. The molecule has 0 radical (unpaired) electrons. The highest BCUT2D eigenvalue weighted by atomic mass is 32.2. The van der Waals surface area contributed by atoms with E-state index in [1.807, 2.05) is 0 Å². The number of carbonyl (C=O) groups excluding carboxylic acids is 3. The highest BCUT2D eigenvalue weighted by Crippen LogP contribution is 2.36. The van der Waals surface area contributed by atoms with Crippen LogP contribution in [0.1, 0.15) is 33.1 Å². The first-order valence-corrected chi connectivity index (χ1v) is 9.09. The van der Waals surface area contributed by atoms with E-state index < -0.39 is 18.0 Å². The smallest absolute Gasteiger partial charge is 0.347 e. The molecular weight excluding hydrogens is 332 g/mol. The van der Waals surface area contributed by atoms with Gasteiger partial charge in [0.25, 0.3) is 5.91 Å². The summed E-state index contributed by atoms with van der Waals surface area (Å²) in [6, 6.07) is 0. The summed E-state index contributed by atoms with van der Waals surface area (Å²) in [5.74, 6) is -1.27. The molecule has 2 rings (SSSR count). The lowest BCUT2D eigenvalue weighted by Crippen LogP contribution is -2.42.